The van der Waals surface area contributed by atoms with Gasteiger partial charge >= 0.3 is 5.97 Å². The summed E-state index contributed by atoms with van der Waals surface area (Å²) in [6, 6.07) is 6.70. The van der Waals surface area contributed by atoms with E-state index in [2.05, 4.69) is 5.32 Å². The van der Waals surface area contributed by atoms with E-state index >= 15 is 0 Å². The second-order valence-corrected chi connectivity index (χ2v) is 3.80. The number of aliphatic hydroxyl groups excluding tert-OH is 1. The molecule has 0 heterocycles. The van der Waals surface area contributed by atoms with Crippen molar-refractivity contribution in [2.45, 2.75) is 25.9 Å². The average molecular weight is 223 g/mol. The van der Waals surface area contributed by atoms with Gasteiger partial charge in [0.25, 0.3) is 0 Å². The number of anilines is 1. The predicted molar refractivity (Wildman–Crippen MR) is 62.8 cm³/mol. The summed E-state index contributed by atoms with van der Waals surface area (Å²) in [6.07, 6.45) is 1.31. The topological polar surface area (TPSA) is 69.6 Å². The first-order chi connectivity index (χ1) is 7.59. The van der Waals surface area contributed by atoms with Crippen LogP contribution in [0, 0.1) is 0 Å². The Morgan fingerprint density at radius 3 is 2.88 bits per heavy atom. The van der Waals surface area contributed by atoms with Crippen LogP contribution < -0.4 is 5.32 Å². The van der Waals surface area contributed by atoms with E-state index in [9.17, 15) is 4.79 Å². The zero-order valence-corrected chi connectivity index (χ0v) is 9.31. The normalized spacial score (nSPS) is 12.1. The lowest BCUT2D eigenvalue weighted by Gasteiger charge is -2.08. The molecule has 16 heavy (non-hydrogen) atoms. The minimum Gasteiger partial charge on any atom is -0.478 e. The lowest BCUT2D eigenvalue weighted by molar-refractivity contribution is 0.0697. The summed E-state index contributed by atoms with van der Waals surface area (Å²) >= 11 is 0. The van der Waals surface area contributed by atoms with Gasteiger partial charge in [0.1, 0.15) is 0 Å². The summed E-state index contributed by atoms with van der Waals surface area (Å²) in [5.74, 6) is -0.923. The van der Waals surface area contributed by atoms with Crippen LogP contribution in [-0.4, -0.2) is 28.8 Å². The molecular weight excluding hydrogens is 206 g/mol. The van der Waals surface area contributed by atoms with E-state index in [4.69, 9.17) is 10.2 Å². The average Bonchev–Trinajstić information content (AvgIpc) is 2.24. The second kappa shape index (κ2) is 6.12. The third-order valence-corrected chi connectivity index (χ3v) is 2.24. The SMILES string of the molecule is CC(O)CCCNc1cccc(C(=O)O)c1. The second-order valence-electron chi connectivity index (χ2n) is 3.80. The third kappa shape index (κ3) is 4.31. The number of aliphatic hydroxyl groups is 1. The first-order valence-corrected chi connectivity index (χ1v) is 5.35. The van der Waals surface area contributed by atoms with Crippen molar-refractivity contribution in [1.29, 1.82) is 0 Å². The van der Waals surface area contributed by atoms with Crippen molar-refractivity contribution in [3.8, 4) is 0 Å². The molecule has 0 saturated carbocycles. The number of hydrogen-bond donors (Lipinski definition) is 3. The molecule has 1 aromatic carbocycles. The number of carboxylic acid groups (broad SMARTS) is 1. The molecule has 1 atom stereocenters. The lowest BCUT2D eigenvalue weighted by atomic mass is 10.2. The van der Waals surface area contributed by atoms with Gasteiger partial charge < -0.3 is 15.5 Å². The Hall–Kier alpha value is -1.55. The maximum absolute atomic E-state index is 10.7. The standard InChI is InChI=1S/C12H17NO3/c1-9(14)4-3-7-13-11-6-2-5-10(8-11)12(15)16/h2,5-6,8-9,13-14H,3-4,7H2,1H3,(H,15,16). The minimum absolute atomic E-state index is 0.278. The van der Waals surface area contributed by atoms with E-state index in [1.165, 1.54) is 0 Å². The predicted octanol–water partition coefficient (Wildman–Crippen LogP) is 1.96. The molecule has 0 aliphatic carbocycles. The van der Waals surface area contributed by atoms with Gasteiger partial charge in [0, 0.05) is 12.2 Å². The van der Waals surface area contributed by atoms with Crippen LogP contribution in [0.5, 0.6) is 0 Å². The summed E-state index contributed by atoms with van der Waals surface area (Å²) in [7, 11) is 0. The van der Waals surface area contributed by atoms with Crippen LogP contribution in [0.2, 0.25) is 0 Å². The molecule has 3 N–H and O–H groups in total. The van der Waals surface area contributed by atoms with Crippen molar-refractivity contribution >= 4 is 11.7 Å². The van der Waals surface area contributed by atoms with Crippen molar-refractivity contribution in [2.24, 2.45) is 0 Å². The van der Waals surface area contributed by atoms with E-state index in [0.29, 0.717) is 0 Å². The first-order valence-electron chi connectivity index (χ1n) is 5.35. The smallest absolute Gasteiger partial charge is 0.335 e. The highest BCUT2D eigenvalue weighted by atomic mass is 16.4. The lowest BCUT2D eigenvalue weighted by Crippen LogP contribution is -2.07. The Labute approximate surface area is 94.9 Å². The molecule has 4 heteroatoms. The molecule has 0 aromatic heterocycles. The van der Waals surface area contributed by atoms with Crippen LogP contribution in [0.1, 0.15) is 30.1 Å². The number of carbonyl (C=O) groups is 1. The van der Waals surface area contributed by atoms with Crippen molar-refractivity contribution in [3.05, 3.63) is 29.8 Å². The zero-order chi connectivity index (χ0) is 12.0. The van der Waals surface area contributed by atoms with Gasteiger partial charge in [-0.15, -0.1) is 0 Å². The molecule has 0 amide bonds. The fourth-order valence-corrected chi connectivity index (χ4v) is 1.39. The molecule has 0 fully saturated rings. The summed E-state index contributed by atoms with van der Waals surface area (Å²) in [6.45, 7) is 2.49. The molecule has 0 bridgehead atoms. The van der Waals surface area contributed by atoms with Crippen molar-refractivity contribution in [2.75, 3.05) is 11.9 Å². The largest absolute Gasteiger partial charge is 0.478 e. The number of hydrogen-bond acceptors (Lipinski definition) is 3. The van der Waals surface area contributed by atoms with Gasteiger partial charge in [-0.1, -0.05) is 6.07 Å². The Balaban J connectivity index is 2.42. The number of benzene rings is 1. The highest BCUT2D eigenvalue weighted by Crippen LogP contribution is 2.10. The molecule has 0 aliphatic rings. The highest BCUT2D eigenvalue weighted by molar-refractivity contribution is 5.88. The monoisotopic (exact) mass is 223 g/mol. The van der Waals surface area contributed by atoms with E-state index < -0.39 is 5.97 Å². The third-order valence-electron chi connectivity index (χ3n) is 2.24. The maximum Gasteiger partial charge on any atom is 0.335 e. The number of nitrogens with one attached hydrogen (secondary N) is 1. The highest BCUT2D eigenvalue weighted by Gasteiger charge is 2.02. The first kappa shape index (κ1) is 12.5. The summed E-state index contributed by atoms with van der Waals surface area (Å²) in [5, 5.41) is 21.0. The molecular formula is C12H17NO3. The van der Waals surface area contributed by atoms with Crippen LogP contribution >= 0.6 is 0 Å². The van der Waals surface area contributed by atoms with Gasteiger partial charge in [0.05, 0.1) is 11.7 Å². The van der Waals surface area contributed by atoms with Crippen molar-refractivity contribution < 1.29 is 15.0 Å². The molecule has 0 aliphatic heterocycles. The van der Waals surface area contributed by atoms with Gasteiger partial charge in [-0.05, 0) is 38.0 Å². The van der Waals surface area contributed by atoms with Crippen molar-refractivity contribution in [3.63, 3.8) is 0 Å². The Morgan fingerprint density at radius 1 is 1.50 bits per heavy atom. The van der Waals surface area contributed by atoms with Gasteiger partial charge in [-0.25, -0.2) is 4.79 Å². The maximum atomic E-state index is 10.7. The van der Waals surface area contributed by atoms with E-state index in [0.717, 1.165) is 25.1 Å². The van der Waals surface area contributed by atoms with Crippen LogP contribution in [0.25, 0.3) is 0 Å². The molecule has 4 nitrogen and oxygen atoms in total. The number of rotatable bonds is 6. The van der Waals surface area contributed by atoms with E-state index in [1.54, 1.807) is 25.1 Å². The number of carboxylic acids is 1. The molecule has 88 valence electrons. The van der Waals surface area contributed by atoms with Crippen LogP contribution in [0.4, 0.5) is 5.69 Å². The van der Waals surface area contributed by atoms with Gasteiger partial charge in [-0.2, -0.15) is 0 Å². The Bertz CT molecular complexity index is 350. The Morgan fingerprint density at radius 2 is 2.25 bits per heavy atom. The van der Waals surface area contributed by atoms with Gasteiger partial charge in [0.2, 0.25) is 0 Å². The molecule has 1 aromatic rings. The summed E-state index contributed by atoms with van der Waals surface area (Å²) in [5.41, 5.74) is 1.08. The summed E-state index contributed by atoms with van der Waals surface area (Å²) < 4.78 is 0. The fourth-order valence-electron chi connectivity index (χ4n) is 1.39. The molecule has 1 rings (SSSR count). The molecule has 0 spiro atoms. The summed E-state index contributed by atoms with van der Waals surface area (Å²) in [4.78, 5) is 10.7. The van der Waals surface area contributed by atoms with Crippen LogP contribution in [-0.2, 0) is 0 Å². The number of aromatic carboxylic acids is 1. The molecule has 1 unspecified atom stereocenters. The van der Waals surface area contributed by atoms with Crippen LogP contribution in [0.15, 0.2) is 24.3 Å². The molecule has 0 saturated heterocycles. The van der Waals surface area contributed by atoms with Crippen molar-refractivity contribution in [1.82, 2.24) is 0 Å². The van der Waals surface area contributed by atoms with E-state index in [-0.39, 0.29) is 11.7 Å². The van der Waals surface area contributed by atoms with Crippen LogP contribution in [0.3, 0.4) is 0 Å². The molecule has 0 radical (unpaired) electrons. The fraction of sp³-hybridized carbons (Fsp3) is 0.417. The van der Waals surface area contributed by atoms with E-state index in [1.807, 2.05) is 6.07 Å². The minimum atomic E-state index is -0.923. The zero-order valence-electron chi connectivity index (χ0n) is 9.31. The quantitative estimate of drug-likeness (QED) is 0.645. The van der Waals surface area contributed by atoms with Gasteiger partial charge in [-0.3, -0.25) is 0 Å². The van der Waals surface area contributed by atoms with Gasteiger partial charge in [0.15, 0.2) is 0 Å². The Kier molecular flexibility index (Phi) is 4.79.